The SMILES string of the molecule is CC(C)[C@@H](N)c1cc(I)cnc1N. The predicted octanol–water partition coefficient (Wildman–Crippen LogP) is 1.92. The summed E-state index contributed by atoms with van der Waals surface area (Å²) in [7, 11) is 0. The fourth-order valence-electron chi connectivity index (χ4n) is 1.09. The Morgan fingerprint density at radius 3 is 2.62 bits per heavy atom. The molecule has 4 heteroatoms. The van der Waals surface area contributed by atoms with Gasteiger partial charge in [0.2, 0.25) is 0 Å². The normalized spacial score (nSPS) is 13.3. The lowest BCUT2D eigenvalue weighted by Crippen LogP contribution is -2.19. The van der Waals surface area contributed by atoms with Crippen LogP contribution in [0.3, 0.4) is 0 Å². The Kier molecular flexibility index (Phi) is 3.49. The van der Waals surface area contributed by atoms with Crippen LogP contribution in [0.4, 0.5) is 5.82 Å². The molecule has 0 aliphatic heterocycles. The molecule has 0 saturated carbocycles. The topological polar surface area (TPSA) is 64.9 Å². The number of hydrogen-bond acceptors (Lipinski definition) is 3. The Balaban J connectivity index is 3.05. The number of halogens is 1. The average Bonchev–Trinajstić information content (AvgIpc) is 2.08. The van der Waals surface area contributed by atoms with Gasteiger partial charge < -0.3 is 11.5 Å². The van der Waals surface area contributed by atoms with Gasteiger partial charge in [0.25, 0.3) is 0 Å². The highest BCUT2D eigenvalue weighted by Gasteiger charge is 2.14. The van der Waals surface area contributed by atoms with E-state index < -0.39 is 0 Å². The van der Waals surface area contributed by atoms with Gasteiger partial charge in [-0.25, -0.2) is 4.98 Å². The van der Waals surface area contributed by atoms with E-state index in [9.17, 15) is 0 Å². The van der Waals surface area contributed by atoms with E-state index in [0.29, 0.717) is 11.7 Å². The van der Waals surface area contributed by atoms with Crippen molar-refractivity contribution in [2.75, 3.05) is 5.73 Å². The molecule has 4 N–H and O–H groups in total. The molecule has 0 unspecified atom stereocenters. The molecule has 0 saturated heterocycles. The molecule has 72 valence electrons. The molecule has 13 heavy (non-hydrogen) atoms. The van der Waals surface area contributed by atoms with Gasteiger partial charge in [0, 0.05) is 21.4 Å². The van der Waals surface area contributed by atoms with E-state index >= 15 is 0 Å². The van der Waals surface area contributed by atoms with E-state index in [1.807, 2.05) is 6.07 Å². The number of nitrogen functional groups attached to an aromatic ring is 1. The van der Waals surface area contributed by atoms with Crippen LogP contribution in [0.25, 0.3) is 0 Å². The lowest BCUT2D eigenvalue weighted by Gasteiger charge is -2.17. The molecular formula is C9H14IN3. The molecule has 0 bridgehead atoms. The van der Waals surface area contributed by atoms with E-state index in [0.717, 1.165) is 9.13 Å². The first-order chi connectivity index (χ1) is 6.02. The van der Waals surface area contributed by atoms with Crippen molar-refractivity contribution >= 4 is 28.4 Å². The minimum atomic E-state index is -0.0257. The predicted molar refractivity (Wildman–Crippen MR) is 63.1 cm³/mol. The minimum absolute atomic E-state index is 0.0257. The van der Waals surface area contributed by atoms with Crippen LogP contribution in [0.5, 0.6) is 0 Å². The quantitative estimate of drug-likeness (QED) is 0.818. The number of anilines is 1. The largest absolute Gasteiger partial charge is 0.383 e. The van der Waals surface area contributed by atoms with E-state index in [1.54, 1.807) is 6.20 Å². The Hall–Kier alpha value is -0.360. The number of nitrogens with zero attached hydrogens (tertiary/aromatic N) is 1. The zero-order valence-corrected chi connectivity index (χ0v) is 9.95. The third-order valence-corrected chi connectivity index (χ3v) is 2.58. The maximum atomic E-state index is 5.98. The highest BCUT2D eigenvalue weighted by Crippen LogP contribution is 2.24. The van der Waals surface area contributed by atoms with E-state index in [-0.39, 0.29) is 6.04 Å². The van der Waals surface area contributed by atoms with Crippen molar-refractivity contribution < 1.29 is 0 Å². The lowest BCUT2D eigenvalue weighted by molar-refractivity contribution is 0.514. The molecule has 0 aromatic carbocycles. The summed E-state index contributed by atoms with van der Waals surface area (Å²) in [5.74, 6) is 0.920. The molecule has 1 aromatic rings. The highest BCUT2D eigenvalue weighted by atomic mass is 127. The number of hydrogen-bond donors (Lipinski definition) is 2. The standard InChI is InChI=1S/C9H14IN3/c1-5(2)8(11)7-3-6(10)4-13-9(7)12/h3-5,8H,11H2,1-2H3,(H2,12,13)/t8-/m1/s1. The van der Waals surface area contributed by atoms with Gasteiger partial charge in [0.1, 0.15) is 5.82 Å². The maximum absolute atomic E-state index is 5.98. The molecule has 0 radical (unpaired) electrons. The fourth-order valence-corrected chi connectivity index (χ4v) is 1.57. The molecule has 0 aliphatic rings. The lowest BCUT2D eigenvalue weighted by atomic mass is 9.98. The van der Waals surface area contributed by atoms with Crippen LogP contribution in [-0.4, -0.2) is 4.98 Å². The van der Waals surface area contributed by atoms with Gasteiger partial charge in [-0.3, -0.25) is 0 Å². The first kappa shape index (κ1) is 10.7. The summed E-state index contributed by atoms with van der Waals surface area (Å²) in [4.78, 5) is 4.07. The Morgan fingerprint density at radius 1 is 1.46 bits per heavy atom. The fraction of sp³-hybridized carbons (Fsp3) is 0.444. The van der Waals surface area contributed by atoms with Crippen LogP contribution in [0.15, 0.2) is 12.3 Å². The van der Waals surface area contributed by atoms with Gasteiger partial charge in [-0.05, 0) is 34.6 Å². The second-order valence-electron chi connectivity index (χ2n) is 3.40. The van der Waals surface area contributed by atoms with Crippen LogP contribution in [0, 0.1) is 9.49 Å². The van der Waals surface area contributed by atoms with Gasteiger partial charge in [0.05, 0.1) is 0 Å². The van der Waals surface area contributed by atoms with Crippen LogP contribution in [0.1, 0.15) is 25.5 Å². The molecule has 1 heterocycles. The van der Waals surface area contributed by atoms with E-state index in [2.05, 4.69) is 41.4 Å². The Labute approximate surface area is 92.1 Å². The summed E-state index contributed by atoms with van der Waals surface area (Å²) in [5, 5.41) is 0. The van der Waals surface area contributed by atoms with Gasteiger partial charge in [0.15, 0.2) is 0 Å². The molecule has 3 nitrogen and oxygen atoms in total. The van der Waals surface area contributed by atoms with Gasteiger partial charge in [-0.1, -0.05) is 13.8 Å². The summed E-state index contributed by atoms with van der Waals surface area (Å²) in [6.07, 6.45) is 1.74. The van der Waals surface area contributed by atoms with E-state index in [4.69, 9.17) is 11.5 Å². The zero-order chi connectivity index (χ0) is 10.0. The van der Waals surface area contributed by atoms with Gasteiger partial charge in [-0.2, -0.15) is 0 Å². The second-order valence-corrected chi connectivity index (χ2v) is 4.64. The zero-order valence-electron chi connectivity index (χ0n) is 7.79. The van der Waals surface area contributed by atoms with Crippen molar-refractivity contribution in [1.82, 2.24) is 4.98 Å². The molecule has 0 amide bonds. The third kappa shape index (κ3) is 2.54. The van der Waals surface area contributed by atoms with Crippen molar-refractivity contribution in [2.24, 2.45) is 11.7 Å². The van der Waals surface area contributed by atoms with Crippen LogP contribution in [-0.2, 0) is 0 Å². The first-order valence-corrected chi connectivity index (χ1v) is 5.26. The number of pyridine rings is 1. The Bertz CT molecular complexity index is 299. The van der Waals surface area contributed by atoms with E-state index in [1.165, 1.54) is 0 Å². The van der Waals surface area contributed by atoms with Gasteiger partial charge in [-0.15, -0.1) is 0 Å². The van der Waals surface area contributed by atoms with Crippen molar-refractivity contribution in [3.63, 3.8) is 0 Å². The monoisotopic (exact) mass is 291 g/mol. The van der Waals surface area contributed by atoms with Gasteiger partial charge >= 0.3 is 0 Å². The highest BCUT2D eigenvalue weighted by molar-refractivity contribution is 14.1. The van der Waals surface area contributed by atoms with Crippen molar-refractivity contribution in [1.29, 1.82) is 0 Å². The summed E-state index contributed by atoms with van der Waals surface area (Å²) >= 11 is 2.21. The van der Waals surface area contributed by atoms with Crippen molar-refractivity contribution in [3.8, 4) is 0 Å². The van der Waals surface area contributed by atoms with Crippen LogP contribution >= 0.6 is 22.6 Å². The molecule has 0 spiro atoms. The maximum Gasteiger partial charge on any atom is 0.128 e. The van der Waals surface area contributed by atoms with Crippen molar-refractivity contribution in [3.05, 3.63) is 21.4 Å². The third-order valence-electron chi connectivity index (χ3n) is 1.99. The molecule has 0 aliphatic carbocycles. The van der Waals surface area contributed by atoms with Crippen LogP contribution < -0.4 is 11.5 Å². The molecule has 1 atom stereocenters. The van der Waals surface area contributed by atoms with Crippen molar-refractivity contribution in [2.45, 2.75) is 19.9 Å². The number of aromatic nitrogens is 1. The smallest absolute Gasteiger partial charge is 0.128 e. The second kappa shape index (κ2) is 4.23. The summed E-state index contributed by atoms with van der Waals surface area (Å²) < 4.78 is 1.07. The molecule has 0 fully saturated rings. The number of nitrogens with two attached hydrogens (primary N) is 2. The summed E-state index contributed by atoms with van der Waals surface area (Å²) in [5.41, 5.74) is 12.7. The Morgan fingerprint density at radius 2 is 2.08 bits per heavy atom. The molecule has 1 aromatic heterocycles. The molecular weight excluding hydrogens is 277 g/mol. The average molecular weight is 291 g/mol. The molecule has 1 rings (SSSR count). The van der Waals surface area contributed by atoms with Crippen LogP contribution in [0.2, 0.25) is 0 Å². The first-order valence-electron chi connectivity index (χ1n) is 4.19. The summed E-state index contributed by atoms with van der Waals surface area (Å²) in [6.45, 7) is 4.15. The summed E-state index contributed by atoms with van der Waals surface area (Å²) in [6, 6.07) is 1.97. The number of rotatable bonds is 2. The minimum Gasteiger partial charge on any atom is -0.383 e.